The van der Waals surface area contributed by atoms with Crippen LogP contribution in [-0.2, 0) is 0 Å². The van der Waals surface area contributed by atoms with Crippen molar-refractivity contribution in [1.29, 1.82) is 0 Å². The molecule has 1 aliphatic carbocycles. The van der Waals surface area contributed by atoms with E-state index in [1.807, 2.05) is 0 Å². The van der Waals surface area contributed by atoms with Gasteiger partial charge in [0.15, 0.2) is 0 Å². The van der Waals surface area contributed by atoms with E-state index in [-0.39, 0.29) is 11.5 Å². The molecule has 0 amide bonds. The molecule has 1 aliphatic rings. The van der Waals surface area contributed by atoms with E-state index in [9.17, 15) is 10.1 Å². The van der Waals surface area contributed by atoms with Crippen molar-refractivity contribution < 1.29 is 4.92 Å². The Balaban J connectivity index is 1.96. The van der Waals surface area contributed by atoms with Crippen LogP contribution in [0.2, 0.25) is 0 Å². The van der Waals surface area contributed by atoms with E-state index in [0.717, 1.165) is 0 Å². The van der Waals surface area contributed by atoms with E-state index in [0.29, 0.717) is 24.4 Å². The van der Waals surface area contributed by atoms with Gasteiger partial charge in [0, 0.05) is 18.6 Å². The molecule has 104 valence electrons. The average molecular weight is 265 g/mol. The minimum atomic E-state index is -0.469. The lowest BCUT2D eigenvalue weighted by molar-refractivity contribution is -0.384. The zero-order chi connectivity index (χ0) is 14.0. The number of nitro groups is 1. The van der Waals surface area contributed by atoms with Crippen LogP contribution in [0.15, 0.2) is 12.1 Å². The van der Waals surface area contributed by atoms with E-state index in [2.05, 4.69) is 29.2 Å². The van der Waals surface area contributed by atoms with Gasteiger partial charge in [-0.05, 0) is 26.8 Å². The summed E-state index contributed by atoms with van der Waals surface area (Å²) in [6.07, 6.45) is 2.51. The summed E-state index contributed by atoms with van der Waals surface area (Å²) in [5.41, 5.74) is 5.51. The van der Waals surface area contributed by atoms with Crippen molar-refractivity contribution in [3.05, 3.63) is 22.2 Å². The van der Waals surface area contributed by atoms with Crippen LogP contribution in [0.5, 0.6) is 0 Å². The second-order valence-corrected chi connectivity index (χ2v) is 5.02. The van der Waals surface area contributed by atoms with Crippen LogP contribution in [0.3, 0.4) is 0 Å². The molecule has 0 spiro atoms. The van der Waals surface area contributed by atoms with Crippen molar-refractivity contribution in [2.45, 2.75) is 31.8 Å². The molecule has 2 rings (SSSR count). The van der Waals surface area contributed by atoms with Gasteiger partial charge in [-0.25, -0.2) is 4.98 Å². The summed E-state index contributed by atoms with van der Waals surface area (Å²) in [6, 6.07) is 3.68. The predicted molar refractivity (Wildman–Crippen MR) is 74.0 cm³/mol. The van der Waals surface area contributed by atoms with Gasteiger partial charge in [-0.1, -0.05) is 0 Å². The van der Waals surface area contributed by atoms with Crippen LogP contribution in [-0.4, -0.2) is 40.5 Å². The van der Waals surface area contributed by atoms with Gasteiger partial charge in [0.2, 0.25) is 0 Å². The van der Waals surface area contributed by atoms with Crippen molar-refractivity contribution in [2.24, 2.45) is 0 Å². The van der Waals surface area contributed by atoms with Gasteiger partial charge in [0.1, 0.15) is 11.6 Å². The van der Waals surface area contributed by atoms with Crippen LogP contribution in [0.1, 0.15) is 19.8 Å². The third-order valence-electron chi connectivity index (χ3n) is 3.44. The molecule has 3 N–H and O–H groups in total. The molecule has 0 aromatic carbocycles. The van der Waals surface area contributed by atoms with Crippen molar-refractivity contribution in [3.8, 4) is 0 Å². The molecule has 7 heteroatoms. The molecule has 0 bridgehead atoms. The fraction of sp³-hybridized carbons (Fsp3) is 0.583. The Morgan fingerprint density at radius 2 is 2.32 bits per heavy atom. The van der Waals surface area contributed by atoms with Gasteiger partial charge < -0.3 is 11.1 Å². The lowest BCUT2D eigenvalue weighted by atomic mass is 10.3. The normalized spacial score (nSPS) is 16.4. The van der Waals surface area contributed by atoms with E-state index in [4.69, 9.17) is 5.73 Å². The standard InChI is InChI=1S/C12H19N5O2/c1-8(16(2)9-3-4-9)7-14-12-6-10(17(18)19)5-11(13)15-12/h5-6,8-9H,3-4,7H2,1-2H3,(H3,13,14,15). The molecular formula is C12H19N5O2. The predicted octanol–water partition coefficient (Wildman–Crippen LogP) is 1.47. The maximum atomic E-state index is 10.7. The highest BCUT2D eigenvalue weighted by atomic mass is 16.6. The van der Waals surface area contributed by atoms with E-state index in [1.54, 1.807) is 0 Å². The SMILES string of the molecule is CC(CNc1cc([N+](=O)[O-])cc(N)n1)N(C)C1CC1. The highest BCUT2D eigenvalue weighted by Crippen LogP contribution is 2.27. The van der Waals surface area contributed by atoms with Crippen molar-refractivity contribution >= 4 is 17.3 Å². The van der Waals surface area contributed by atoms with Gasteiger partial charge >= 0.3 is 0 Å². The lowest BCUT2D eigenvalue weighted by Gasteiger charge is -2.24. The van der Waals surface area contributed by atoms with Crippen LogP contribution in [0, 0.1) is 10.1 Å². The number of rotatable bonds is 6. The van der Waals surface area contributed by atoms with Crippen LogP contribution in [0.25, 0.3) is 0 Å². The first-order valence-corrected chi connectivity index (χ1v) is 6.35. The smallest absolute Gasteiger partial charge is 0.276 e. The second-order valence-electron chi connectivity index (χ2n) is 5.02. The van der Waals surface area contributed by atoms with Gasteiger partial charge in [-0.15, -0.1) is 0 Å². The first-order valence-electron chi connectivity index (χ1n) is 6.35. The molecule has 1 heterocycles. The summed E-state index contributed by atoms with van der Waals surface area (Å²) in [7, 11) is 2.10. The van der Waals surface area contributed by atoms with E-state index < -0.39 is 4.92 Å². The quantitative estimate of drug-likeness (QED) is 0.597. The molecule has 0 aliphatic heterocycles. The molecule has 19 heavy (non-hydrogen) atoms. The molecule has 1 unspecified atom stereocenters. The van der Waals surface area contributed by atoms with Crippen molar-refractivity contribution in [2.75, 3.05) is 24.6 Å². The number of likely N-dealkylation sites (N-methyl/N-ethyl adjacent to an activating group) is 1. The van der Waals surface area contributed by atoms with Crippen LogP contribution < -0.4 is 11.1 Å². The molecule has 7 nitrogen and oxygen atoms in total. The summed E-state index contributed by atoms with van der Waals surface area (Å²) < 4.78 is 0. The summed E-state index contributed by atoms with van der Waals surface area (Å²) in [5.74, 6) is 0.600. The Bertz CT molecular complexity index is 475. The number of nitrogens with zero attached hydrogens (tertiary/aromatic N) is 3. The lowest BCUT2D eigenvalue weighted by Crippen LogP contribution is -2.36. The van der Waals surface area contributed by atoms with E-state index in [1.165, 1.54) is 25.0 Å². The van der Waals surface area contributed by atoms with E-state index >= 15 is 0 Å². The number of nitrogens with two attached hydrogens (primary N) is 1. The zero-order valence-electron chi connectivity index (χ0n) is 11.2. The van der Waals surface area contributed by atoms with Gasteiger partial charge in [-0.2, -0.15) is 0 Å². The van der Waals surface area contributed by atoms with Crippen LogP contribution in [0.4, 0.5) is 17.3 Å². The molecule has 1 aromatic heterocycles. The number of nitrogens with one attached hydrogen (secondary N) is 1. The Morgan fingerprint density at radius 1 is 1.63 bits per heavy atom. The van der Waals surface area contributed by atoms with Crippen molar-refractivity contribution in [1.82, 2.24) is 9.88 Å². The Hall–Kier alpha value is -1.89. The van der Waals surface area contributed by atoms with Gasteiger partial charge in [-0.3, -0.25) is 15.0 Å². The first-order chi connectivity index (χ1) is 8.97. The Labute approximate surface area is 112 Å². The summed E-state index contributed by atoms with van der Waals surface area (Å²) >= 11 is 0. The number of pyridine rings is 1. The first kappa shape index (κ1) is 13.5. The molecule has 1 saturated carbocycles. The summed E-state index contributed by atoms with van der Waals surface area (Å²) in [4.78, 5) is 16.6. The van der Waals surface area contributed by atoms with Crippen molar-refractivity contribution in [3.63, 3.8) is 0 Å². The molecule has 1 fully saturated rings. The number of nitrogen functional groups attached to an aromatic ring is 1. The largest absolute Gasteiger partial charge is 0.383 e. The molecule has 1 aromatic rings. The van der Waals surface area contributed by atoms with Gasteiger partial charge in [0.25, 0.3) is 5.69 Å². The van der Waals surface area contributed by atoms with Gasteiger partial charge in [0.05, 0.1) is 17.1 Å². The zero-order valence-corrected chi connectivity index (χ0v) is 11.2. The maximum absolute atomic E-state index is 10.7. The highest BCUT2D eigenvalue weighted by molar-refractivity contribution is 5.52. The number of hydrogen-bond donors (Lipinski definition) is 2. The molecule has 0 saturated heterocycles. The highest BCUT2D eigenvalue weighted by Gasteiger charge is 2.28. The third kappa shape index (κ3) is 3.54. The minimum Gasteiger partial charge on any atom is -0.383 e. The topological polar surface area (TPSA) is 97.3 Å². The number of anilines is 2. The maximum Gasteiger partial charge on any atom is 0.276 e. The summed E-state index contributed by atoms with van der Waals surface area (Å²) in [5, 5.41) is 13.8. The molecular weight excluding hydrogens is 246 g/mol. The summed E-state index contributed by atoms with van der Waals surface area (Å²) in [6.45, 7) is 2.80. The minimum absolute atomic E-state index is 0.0433. The van der Waals surface area contributed by atoms with Crippen LogP contribution >= 0.6 is 0 Å². The molecule has 0 radical (unpaired) electrons. The number of aromatic nitrogens is 1. The average Bonchev–Trinajstić information content (AvgIpc) is 3.18. The monoisotopic (exact) mass is 265 g/mol. The Kier molecular flexibility index (Phi) is 3.84. The fourth-order valence-corrected chi connectivity index (χ4v) is 1.97. The third-order valence-corrected chi connectivity index (χ3v) is 3.44. The molecule has 1 atom stereocenters. The fourth-order valence-electron chi connectivity index (χ4n) is 1.97. The Morgan fingerprint density at radius 3 is 2.89 bits per heavy atom. The number of hydrogen-bond acceptors (Lipinski definition) is 6. The second kappa shape index (κ2) is 5.40.